The lowest BCUT2D eigenvalue weighted by Gasteiger charge is -2.31. The van der Waals surface area contributed by atoms with Gasteiger partial charge in [-0.15, -0.1) is 0 Å². The highest BCUT2D eigenvalue weighted by molar-refractivity contribution is 5.98. The Labute approximate surface area is 152 Å². The smallest absolute Gasteiger partial charge is 0.253 e. The van der Waals surface area contributed by atoms with Gasteiger partial charge in [0.15, 0.2) is 5.78 Å². The van der Waals surface area contributed by atoms with E-state index in [9.17, 15) is 9.59 Å². The van der Waals surface area contributed by atoms with Crippen LogP contribution >= 0.6 is 0 Å². The quantitative estimate of drug-likeness (QED) is 0.795. The van der Waals surface area contributed by atoms with Crippen molar-refractivity contribution in [3.8, 4) is 11.8 Å². The molecule has 0 radical (unpaired) electrons. The molecule has 0 spiro atoms. The van der Waals surface area contributed by atoms with Crippen molar-refractivity contribution in [1.82, 2.24) is 4.90 Å². The molecule has 5 nitrogen and oxygen atoms in total. The third-order valence-corrected chi connectivity index (χ3v) is 4.77. The van der Waals surface area contributed by atoms with Gasteiger partial charge >= 0.3 is 0 Å². The molecule has 1 heterocycles. The largest absolute Gasteiger partial charge is 0.497 e. The van der Waals surface area contributed by atoms with E-state index in [-0.39, 0.29) is 17.6 Å². The van der Waals surface area contributed by atoms with Crippen molar-refractivity contribution in [3.63, 3.8) is 0 Å². The zero-order valence-electron chi connectivity index (χ0n) is 14.6. The third-order valence-electron chi connectivity index (χ3n) is 4.77. The number of carbonyl (C=O) groups excluding carboxylic acids is 2. The van der Waals surface area contributed by atoms with E-state index in [4.69, 9.17) is 10.00 Å². The maximum absolute atomic E-state index is 12.6. The highest BCUT2D eigenvalue weighted by Gasteiger charge is 2.28. The topological polar surface area (TPSA) is 70.4 Å². The number of rotatable bonds is 4. The molecule has 1 amide bonds. The minimum atomic E-state index is -0.0857. The van der Waals surface area contributed by atoms with Gasteiger partial charge in [0.25, 0.3) is 5.91 Å². The number of hydrogen-bond acceptors (Lipinski definition) is 4. The van der Waals surface area contributed by atoms with E-state index in [1.54, 1.807) is 60.5 Å². The van der Waals surface area contributed by atoms with Gasteiger partial charge in [0.2, 0.25) is 0 Å². The van der Waals surface area contributed by atoms with Crippen LogP contribution in [0, 0.1) is 17.2 Å². The van der Waals surface area contributed by atoms with Crippen molar-refractivity contribution in [3.05, 3.63) is 65.2 Å². The number of likely N-dealkylation sites (tertiary alicyclic amines) is 1. The van der Waals surface area contributed by atoms with Crippen LogP contribution in [0.5, 0.6) is 5.75 Å². The molecule has 1 fully saturated rings. The molecule has 2 aromatic rings. The van der Waals surface area contributed by atoms with Crippen LogP contribution in [0.4, 0.5) is 0 Å². The summed E-state index contributed by atoms with van der Waals surface area (Å²) in [4.78, 5) is 27.0. The number of carbonyl (C=O) groups is 2. The fourth-order valence-corrected chi connectivity index (χ4v) is 3.24. The van der Waals surface area contributed by atoms with Crippen molar-refractivity contribution in [2.24, 2.45) is 5.92 Å². The second-order valence-corrected chi connectivity index (χ2v) is 6.35. The molecule has 132 valence electrons. The standard InChI is InChI=1S/C21H20N2O3/c1-26-19-7-5-16(6-8-19)20(24)17-9-11-23(12-10-17)21(25)18-4-2-3-15(13-18)14-22/h2-8,13,17H,9-12H2,1H3. The van der Waals surface area contributed by atoms with Crippen LogP contribution in [-0.2, 0) is 0 Å². The first-order chi connectivity index (χ1) is 12.6. The number of hydrogen-bond donors (Lipinski definition) is 0. The molecule has 0 saturated carbocycles. The van der Waals surface area contributed by atoms with Gasteiger partial charge in [-0.05, 0) is 55.3 Å². The Morgan fingerprint density at radius 1 is 1.08 bits per heavy atom. The summed E-state index contributed by atoms with van der Waals surface area (Å²) in [5.41, 5.74) is 1.67. The van der Waals surface area contributed by atoms with E-state index in [2.05, 4.69) is 0 Å². The molecular weight excluding hydrogens is 328 g/mol. The van der Waals surface area contributed by atoms with E-state index in [1.165, 1.54) is 0 Å². The molecule has 1 aliphatic rings. The summed E-state index contributed by atoms with van der Waals surface area (Å²) in [6.45, 7) is 1.09. The average Bonchev–Trinajstić information content (AvgIpc) is 2.73. The molecule has 2 aromatic carbocycles. The van der Waals surface area contributed by atoms with Gasteiger partial charge in [-0.25, -0.2) is 0 Å². The highest BCUT2D eigenvalue weighted by Crippen LogP contribution is 2.24. The number of ether oxygens (including phenoxy) is 1. The van der Waals surface area contributed by atoms with E-state index in [0.717, 1.165) is 5.75 Å². The van der Waals surface area contributed by atoms with Gasteiger partial charge in [-0.2, -0.15) is 5.26 Å². The molecule has 26 heavy (non-hydrogen) atoms. The Kier molecular flexibility index (Phi) is 5.33. The first-order valence-electron chi connectivity index (χ1n) is 8.60. The number of ketones is 1. The van der Waals surface area contributed by atoms with Crippen molar-refractivity contribution in [1.29, 1.82) is 5.26 Å². The fourth-order valence-electron chi connectivity index (χ4n) is 3.24. The van der Waals surface area contributed by atoms with E-state index in [1.807, 2.05) is 6.07 Å². The Bertz CT molecular complexity index is 844. The third kappa shape index (κ3) is 3.75. The molecule has 0 bridgehead atoms. The normalized spacial score (nSPS) is 14.5. The predicted octanol–water partition coefficient (Wildman–Crippen LogP) is 3.30. The van der Waals surface area contributed by atoms with Gasteiger partial charge in [0.1, 0.15) is 5.75 Å². The van der Waals surface area contributed by atoms with E-state index < -0.39 is 0 Å². The first-order valence-corrected chi connectivity index (χ1v) is 8.60. The maximum atomic E-state index is 12.6. The average molecular weight is 348 g/mol. The summed E-state index contributed by atoms with van der Waals surface area (Å²) in [5, 5.41) is 8.97. The number of methoxy groups -OCH3 is 1. The van der Waals surface area contributed by atoms with Gasteiger partial charge < -0.3 is 9.64 Å². The van der Waals surface area contributed by atoms with Crippen LogP contribution in [0.3, 0.4) is 0 Å². The van der Waals surface area contributed by atoms with Crippen LogP contribution in [0.25, 0.3) is 0 Å². The summed E-state index contributed by atoms with van der Waals surface area (Å²) >= 11 is 0. The van der Waals surface area contributed by atoms with E-state index >= 15 is 0 Å². The molecular formula is C21H20N2O3. The summed E-state index contributed by atoms with van der Waals surface area (Å²) in [6.07, 6.45) is 1.29. The lowest BCUT2D eigenvalue weighted by molar-refractivity contribution is 0.0650. The van der Waals surface area contributed by atoms with Gasteiger partial charge in [-0.3, -0.25) is 9.59 Å². The predicted molar refractivity (Wildman–Crippen MR) is 97.1 cm³/mol. The summed E-state index contributed by atoms with van der Waals surface area (Å²) in [5.74, 6) is 0.683. The highest BCUT2D eigenvalue weighted by atomic mass is 16.5. The van der Waals surface area contributed by atoms with Crippen molar-refractivity contribution >= 4 is 11.7 Å². The van der Waals surface area contributed by atoms with Crippen LogP contribution in [0.1, 0.15) is 39.1 Å². The molecule has 3 rings (SSSR count). The van der Waals surface area contributed by atoms with Gasteiger partial charge in [-0.1, -0.05) is 6.07 Å². The zero-order valence-corrected chi connectivity index (χ0v) is 14.6. The second kappa shape index (κ2) is 7.83. The number of nitriles is 1. The molecule has 0 N–H and O–H groups in total. The van der Waals surface area contributed by atoms with Crippen LogP contribution < -0.4 is 4.74 Å². The van der Waals surface area contributed by atoms with Crippen molar-refractivity contribution < 1.29 is 14.3 Å². The minimum absolute atomic E-state index is 0.0714. The number of Topliss-reactive ketones (excluding diaryl/α,β-unsaturated/α-hetero) is 1. The van der Waals surface area contributed by atoms with Crippen LogP contribution in [0.15, 0.2) is 48.5 Å². The Hall–Kier alpha value is -3.13. The number of nitrogens with zero attached hydrogens (tertiary/aromatic N) is 2. The zero-order chi connectivity index (χ0) is 18.5. The SMILES string of the molecule is COc1ccc(C(=O)C2CCN(C(=O)c3cccc(C#N)c3)CC2)cc1. The minimum Gasteiger partial charge on any atom is -0.497 e. The Morgan fingerprint density at radius 2 is 1.77 bits per heavy atom. The molecule has 5 heteroatoms. The monoisotopic (exact) mass is 348 g/mol. The summed E-state index contributed by atoms with van der Waals surface area (Å²) < 4.78 is 5.12. The first kappa shape index (κ1) is 17.7. The van der Waals surface area contributed by atoms with Crippen LogP contribution in [0.2, 0.25) is 0 Å². The lowest BCUT2D eigenvalue weighted by atomic mass is 9.88. The molecule has 0 atom stereocenters. The maximum Gasteiger partial charge on any atom is 0.253 e. The molecule has 0 aliphatic carbocycles. The van der Waals surface area contributed by atoms with Gasteiger partial charge in [0, 0.05) is 30.1 Å². The van der Waals surface area contributed by atoms with E-state index in [0.29, 0.717) is 42.6 Å². The number of benzene rings is 2. The molecule has 0 unspecified atom stereocenters. The second-order valence-electron chi connectivity index (χ2n) is 6.35. The number of amides is 1. The summed E-state index contributed by atoms with van der Waals surface area (Å²) in [7, 11) is 1.59. The Balaban J connectivity index is 1.62. The fraction of sp³-hybridized carbons (Fsp3) is 0.286. The lowest BCUT2D eigenvalue weighted by Crippen LogP contribution is -2.40. The van der Waals surface area contributed by atoms with Crippen molar-refractivity contribution in [2.45, 2.75) is 12.8 Å². The van der Waals surface area contributed by atoms with Gasteiger partial charge in [0.05, 0.1) is 18.7 Å². The summed E-state index contributed by atoms with van der Waals surface area (Å²) in [6, 6.07) is 15.9. The molecule has 1 saturated heterocycles. The van der Waals surface area contributed by atoms with Crippen molar-refractivity contribution in [2.75, 3.05) is 20.2 Å². The Morgan fingerprint density at radius 3 is 2.38 bits per heavy atom. The molecule has 0 aromatic heterocycles. The van der Waals surface area contributed by atoms with Crippen LogP contribution in [-0.4, -0.2) is 36.8 Å². The number of piperidine rings is 1. The molecule has 1 aliphatic heterocycles.